The Balaban J connectivity index is 0.00000182. The molecule has 136 valence electrons. The molecule has 3 amide bonds. The van der Waals surface area contributed by atoms with E-state index in [4.69, 9.17) is 5.11 Å². The number of nitrogens with one attached hydrogen (secondary N) is 3. The number of fused-ring (bicyclic) bond motifs is 1. The van der Waals surface area contributed by atoms with Gasteiger partial charge in [0.1, 0.15) is 0 Å². The number of aromatic carboxylic acids is 1. The van der Waals surface area contributed by atoms with Crippen molar-refractivity contribution in [2.45, 2.75) is 43.0 Å². The van der Waals surface area contributed by atoms with Crippen molar-refractivity contribution in [2.24, 2.45) is 0 Å². The molecule has 7 nitrogen and oxygen atoms in total. The topological polar surface area (TPSA) is 108 Å². The second-order valence-electron chi connectivity index (χ2n) is 6.30. The van der Waals surface area contributed by atoms with Gasteiger partial charge in [-0.15, -0.1) is 0 Å². The van der Waals surface area contributed by atoms with Crippen LogP contribution in [-0.4, -0.2) is 46.1 Å². The number of thioether (sulfide) groups is 1. The number of hydrogen-bond acceptors (Lipinski definition) is 4. The Kier molecular flexibility index (Phi) is 7.82. The number of amides is 3. The molecule has 9 heteroatoms. The molecule has 0 saturated carbocycles. The first-order valence-corrected chi connectivity index (χ1v) is 9.39. The smallest absolute Gasteiger partial charge is 1.00 e. The molecule has 26 heavy (non-hydrogen) atoms. The average Bonchev–Trinajstić information content (AvgIpc) is 3.11. The number of rotatable bonds is 7. The predicted octanol–water partition coefficient (Wildman–Crippen LogP) is -0.834. The van der Waals surface area contributed by atoms with Crippen LogP contribution in [0.25, 0.3) is 0 Å². The van der Waals surface area contributed by atoms with E-state index in [1.165, 1.54) is 12.1 Å². The van der Waals surface area contributed by atoms with Crippen LogP contribution in [0.3, 0.4) is 0 Å². The molecule has 3 atom stereocenters. The molecule has 1 aromatic rings. The number of hydrogen-bond donors (Lipinski definition) is 4. The monoisotopic (exact) mass is 387 g/mol. The molecule has 0 aromatic heterocycles. The van der Waals surface area contributed by atoms with Crippen LogP contribution in [-0.2, 0) is 4.79 Å². The van der Waals surface area contributed by atoms with Gasteiger partial charge < -0.3 is 22.5 Å². The maximum atomic E-state index is 12.0. The van der Waals surface area contributed by atoms with Crippen molar-refractivity contribution < 1.29 is 50.5 Å². The summed E-state index contributed by atoms with van der Waals surface area (Å²) in [6.45, 7) is 0. The fraction of sp³-hybridized carbons (Fsp3) is 0.471. The van der Waals surface area contributed by atoms with Crippen molar-refractivity contribution in [1.82, 2.24) is 10.6 Å². The van der Waals surface area contributed by atoms with Gasteiger partial charge in [-0.25, -0.2) is 9.59 Å². The van der Waals surface area contributed by atoms with E-state index in [0.29, 0.717) is 17.4 Å². The molecule has 0 bridgehead atoms. The first-order chi connectivity index (χ1) is 12.0. The predicted molar refractivity (Wildman–Crippen MR) is 97.1 cm³/mol. The van der Waals surface area contributed by atoms with Gasteiger partial charge in [-0.3, -0.25) is 4.79 Å². The van der Waals surface area contributed by atoms with Gasteiger partial charge in [0.15, 0.2) is 0 Å². The van der Waals surface area contributed by atoms with Crippen LogP contribution in [0.15, 0.2) is 24.3 Å². The van der Waals surface area contributed by atoms with Crippen LogP contribution in [0.4, 0.5) is 10.5 Å². The largest absolute Gasteiger partial charge is 1.00 e. The molecule has 0 spiro atoms. The Morgan fingerprint density at radius 1 is 1.23 bits per heavy atom. The Labute approximate surface area is 179 Å². The third-order valence-corrected chi connectivity index (χ3v) is 6.00. The van der Waals surface area contributed by atoms with Crippen molar-refractivity contribution in [3.05, 3.63) is 29.8 Å². The standard InChI is InChI=1S/C17H21N3O4S.Na.H/c21-14(18-11-7-5-10(6-8-11)16(22)23)4-2-1-3-13-15-12(9-25-13)19-17(24)20-15;;/h5-8,12-13,15H,1-4,9H2,(H,18,21)(H,22,23)(H2,19,20,24);;/q;+1;-1/t12-,13?,15-;;/m0../s1. The van der Waals surface area contributed by atoms with Crippen molar-refractivity contribution in [2.75, 3.05) is 11.1 Å². The van der Waals surface area contributed by atoms with Gasteiger partial charge >= 0.3 is 41.6 Å². The maximum absolute atomic E-state index is 12.0. The molecule has 0 radical (unpaired) electrons. The van der Waals surface area contributed by atoms with E-state index in [9.17, 15) is 14.4 Å². The minimum atomic E-state index is -0.987. The van der Waals surface area contributed by atoms with Crippen molar-refractivity contribution in [1.29, 1.82) is 0 Å². The van der Waals surface area contributed by atoms with Crippen LogP contribution in [0, 0.1) is 0 Å². The first-order valence-electron chi connectivity index (χ1n) is 8.35. The van der Waals surface area contributed by atoms with E-state index in [1.807, 2.05) is 11.8 Å². The van der Waals surface area contributed by atoms with Crippen molar-refractivity contribution in [3.8, 4) is 0 Å². The van der Waals surface area contributed by atoms with E-state index in [2.05, 4.69) is 16.0 Å². The number of anilines is 1. The first kappa shape index (κ1) is 21.1. The van der Waals surface area contributed by atoms with Crippen molar-refractivity contribution >= 4 is 35.4 Å². The SMILES string of the molecule is O=C(CCCCC1SC[C@@H]2NC(=O)N[C@H]12)Nc1ccc(C(=O)O)cc1.[H-].[Na+]. The number of carboxylic acids is 1. The molecule has 2 saturated heterocycles. The van der Waals surface area contributed by atoms with Crippen molar-refractivity contribution in [3.63, 3.8) is 0 Å². The Morgan fingerprint density at radius 3 is 2.65 bits per heavy atom. The van der Waals surface area contributed by atoms with E-state index < -0.39 is 5.97 Å². The summed E-state index contributed by atoms with van der Waals surface area (Å²) in [5.41, 5.74) is 0.794. The molecule has 4 N–H and O–H groups in total. The zero-order chi connectivity index (χ0) is 17.8. The molecule has 1 unspecified atom stereocenters. The molecule has 2 heterocycles. The van der Waals surface area contributed by atoms with E-state index in [1.54, 1.807) is 12.1 Å². The molecule has 2 fully saturated rings. The molecule has 2 aliphatic heterocycles. The van der Waals surface area contributed by atoms with Gasteiger partial charge in [-0.1, -0.05) is 6.42 Å². The molecular formula is C17H22N3NaO4S. The fourth-order valence-electron chi connectivity index (χ4n) is 3.19. The summed E-state index contributed by atoms with van der Waals surface area (Å²) in [6.07, 6.45) is 3.13. The minimum Gasteiger partial charge on any atom is -1.00 e. The molecule has 0 aliphatic carbocycles. The second kappa shape index (κ2) is 9.64. The Hall–Kier alpha value is -1.22. The molecule has 1 aromatic carbocycles. The van der Waals surface area contributed by atoms with Gasteiger partial charge in [0.05, 0.1) is 17.6 Å². The number of unbranched alkanes of at least 4 members (excludes halogenated alkanes) is 1. The number of urea groups is 1. The van der Waals surface area contributed by atoms with E-state index in [-0.39, 0.29) is 60.6 Å². The number of benzene rings is 1. The third kappa shape index (κ3) is 5.39. The van der Waals surface area contributed by atoms with Gasteiger partial charge in [-0.05, 0) is 37.1 Å². The molecular weight excluding hydrogens is 365 g/mol. The summed E-state index contributed by atoms with van der Waals surface area (Å²) in [7, 11) is 0. The summed E-state index contributed by atoms with van der Waals surface area (Å²) in [6, 6.07) is 6.48. The van der Waals surface area contributed by atoms with Crippen LogP contribution in [0.1, 0.15) is 37.5 Å². The van der Waals surface area contributed by atoms with Gasteiger partial charge in [0, 0.05) is 23.1 Å². The number of carboxylic acid groups (broad SMARTS) is 1. The second-order valence-corrected chi connectivity index (χ2v) is 7.57. The van der Waals surface area contributed by atoms with Gasteiger partial charge in [0.2, 0.25) is 5.91 Å². The van der Waals surface area contributed by atoms with E-state index in [0.717, 1.165) is 25.0 Å². The van der Waals surface area contributed by atoms with Gasteiger partial charge in [-0.2, -0.15) is 11.8 Å². The molecule has 3 rings (SSSR count). The van der Waals surface area contributed by atoms with Crippen LogP contribution in [0.5, 0.6) is 0 Å². The molecule has 2 aliphatic rings. The van der Waals surface area contributed by atoms with Crippen LogP contribution >= 0.6 is 11.8 Å². The summed E-state index contributed by atoms with van der Waals surface area (Å²) >= 11 is 1.88. The van der Waals surface area contributed by atoms with Crippen LogP contribution in [0.2, 0.25) is 0 Å². The number of carbonyl (C=O) groups is 3. The minimum absolute atomic E-state index is 0. The normalized spacial score (nSPS) is 23.4. The van der Waals surface area contributed by atoms with Crippen LogP contribution < -0.4 is 45.5 Å². The summed E-state index contributed by atoms with van der Waals surface area (Å²) in [4.78, 5) is 34.1. The van der Waals surface area contributed by atoms with Gasteiger partial charge in [0.25, 0.3) is 0 Å². The Bertz CT molecular complexity index is 677. The quantitative estimate of drug-likeness (QED) is 0.277. The fourth-order valence-corrected chi connectivity index (χ4v) is 4.74. The third-order valence-electron chi connectivity index (χ3n) is 4.50. The Morgan fingerprint density at radius 2 is 1.96 bits per heavy atom. The zero-order valence-corrected chi connectivity index (χ0v) is 17.5. The van der Waals surface area contributed by atoms with E-state index >= 15 is 0 Å². The zero-order valence-electron chi connectivity index (χ0n) is 15.7. The number of carbonyl (C=O) groups excluding carboxylic acids is 2. The summed E-state index contributed by atoms with van der Waals surface area (Å²) in [5.74, 6) is -0.115. The summed E-state index contributed by atoms with van der Waals surface area (Å²) < 4.78 is 0. The summed E-state index contributed by atoms with van der Waals surface area (Å²) in [5, 5.41) is 17.9. The maximum Gasteiger partial charge on any atom is 1.00 e. The average molecular weight is 387 g/mol.